The fourth-order valence-corrected chi connectivity index (χ4v) is 3.57. The second-order valence-electron chi connectivity index (χ2n) is 6.43. The number of anilines is 1. The maximum atomic E-state index is 12.3. The van der Waals surface area contributed by atoms with Crippen molar-refractivity contribution in [1.82, 2.24) is 14.8 Å². The van der Waals surface area contributed by atoms with E-state index in [-0.39, 0.29) is 11.7 Å². The van der Waals surface area contributed by atoms with E-state index < -0.39 is 0 Å². The molecule has 2 aromatic carbocycles. The smallest absolute Gasteiger partial charge is 0.234 e. The van der Waals surface area contributed by atoms with Gasteiger partial charge in [0.15, 0.2) is 5.16 Å². The first-order chi connectivity index (χ1) is 12.8. The fraction of sp³-hybridized carbons (Fsp3) is 0.250. The van der Waals surface area contributed by atoms with Gasteiger partial charge in [0, 0.05) is 16.4 Å². The predicted molar refractivity (Wildman–Crippen MR) is 111 cm³/mol. The summed E-state index contributed by atoms with van der Waals surface area (Å²) < 4.78 is 1.97. The number of nitrogens with one attached hydrogen (secondary N) is 1. The van der Waals surface area contributed by atoms with Crippen LogP contribution in [0, 0.1) is 27.7 Å². The summed E-state index contributed by atoms with van der Waals surface area (Å²) in [7, 11) is 0. The molecule has 0 spiro atoms. The molecule has 3 aromatic rings. The van der Waals surface area contributed by atoms with Gasteiger partial charge in [-0.25, -0.2) is 0 Å². The first-order valence-corrected chi connectivity index (χ1v) is 9.90. The van der Waals surface area contributed by atoms with Gasteiger partial charge in [-0.1, -0.05) is 35.5 Å². The Balaban J connectivity index is 1.72. The van der Waals surface area contributed by atoms with Gasteiger partial charge in [0.1, 0.15) is 5.82 Å². The largest absolute Gasteiger partial charge is 0.325 e. The van der Waals surface area contributed by atoms with E-state index in [1.54, 1.807) is 6.07 Å². The molecule has 0 aliphatic heterocycles. The van der Waals surface area contributed by atoms with Crippen molar-refractivity contribution < 1.29 is 4.79 Å². The molecule has 140 valence electrons. The number of rotatable bonds is 5. The summed E-state index contributed by atoms with van der Waals surface area (Å²) in [6, 6.07) is 11.7. The van der Waals surface area contributed by atoms with E-state index in [0.29, 0.717) is 15.9 Å². The number of nitrogens with zero attached hydrogens (tertiary/aromatic N) is 3. The number of aryl methyl sites for hydroxylation is 4. The molecule has 3 rings (SSSR count). The lowest BCUT2D eigenvalue weighted by molar-refractivity contribution is -0.113. The highest BCUT2D eigenvalue weighted by Crippen LogP contribution is 2.24. The van der Waals surface area contributed by atoms with Crippen molar-refractivity contribution >= 4 is 35.0 Å². The van der Waals surface area contributed by atoms with E-state index in [1.165, 1.54) is 22.9 Å². The van der Waals surface area contributed by atoms with Gasteiger partial charge in [-0.05, 0) is 68.7 Å². The van der Waals surface area contributed by atoms with Crippen molar-refractivity contribution in [3.63, 3.8) is 0 Å². The van der Waals surface area contributed by atoms with Gasteiger partial charge < -0.3 is 5.32 Å². The monoisotopic (exact) mass is 400 g/mol. The minimum atomic E-state index is -0.118. The number of aromatic nitrogens is 3. The molecule has 0 atom stereocenters. The summed E-state index contributed by atoms with van der Waals surface area (Å²) in [6.07, 6.45) is 0. The highest BCUT2D eigenvalue weighted by atomic mass is 35.5. The van der Waals surface area contributed by atoms with Crippen LogP contribution in [0.2, 0.25) is 5.02 Å². The third kappa shape index (κ3) is 4.51. The summed E-state index contributed by atoms with van der Waals surface area (Å²) in [6.45, 7) is 7.98. The van der Waals surface area contributed by atoms with Gasteiger partial charge in [0.05, 0.1) is 5.75 Å². The number of thioether (sulfide) groups is 1. The Morgan fingerprint density at radius 3 is 2.48 bits per heavy atom. The van der Waals surface area contributed by atoms with Gasteiger partial charge in [-0.2, -0.15) is 0 Å². The summed E-state index contributed by atoms with van der Waals surface area (Å²) in [5, 5.41) is 12.6. The zero-order chi connectivity index (χ0) is 19.6. The maximum absolute atomic E-state index is 12.3. The molecule has 0 unspecified atom stereocenters. The Morgan fingerprint density at radius 2 is 1.78 bits per heavy atom. The van der Waals surface area contributed by atoms with Crippen molar-refractivity contribution in [2.45, 2.75) is 32.9 Å². The Kier molecular flexibility index (Phi) is 5.87. The van der Waals surface area contributed by atoms with Crippen LogP contribution >= 0.6 is 23.4 Å². The quantitative estimate of drug-likeness (QED) is 0.619. The molecule has 0 bridgehead atoms. The van der Waals surface area contributed by atoms with Crippen LogP contribution in [-0.2, 0) is 4.79 Å². The van der Waals surface area contributed by atoms with Crippen LogP contribution in [0.15, 0.2) is 41.6 Å². The van der Waals surface area contributed by atoms with Crippen LogP contribution in [0.4, 0.5) is 5.69 Å². The van der Waals surface area contributed by atoms with Gasteiger partial charge in [0.25, 0.3) is 0 Å². The maximum Gasteiger partial charge on any atom is 0.234 e. The molecule has 1 amide bonds. The van der Waals surface area contributed by atoms with Crippen LogP contribution in [0.1, 0.15) is 22.5 Å². The first-order valence-electron chi connectivity index (χ1n) is 8.53. The van der Waals surface area contributed by atoms with Gasteiger partial charge >= 0.3 is 0 Å². The molecule has 5 nitrogen and oxygen atoms in total. The van der Waals surface area contributed by atoms with E-state index in [0.717, 1.165) is 17.1 Å². The summed E-state index contributed by atoms with van der Waals surface area (Å²) in [5.41, 5.74) is 5.08. The zero-order valence-corrected chi connectivity index (χ0v) is 17.3. The standard InChI is InChI=1S/C20H21ClN4OS/c1-12-6-8-17(9-14(12)3)25-15(4)23-24-20(25)27-11-19(26)22-16-7-5-13(2)18(21)10-16/h5-10H,11H2,1-4H3,(H,22,26). The first kappa shape index (κ1) is 19.5. The normalized spacial score (nSPS) is 10.9. The average molecular weight is 401 g/mol. The number of carbonyl (C=O) groups is 1. The molecule has 0 saturated carbocycles. The fourth-order valence-electron chi connectivity index (χ4n) is 2.60. The third-order valence-corrected chi connectivity index (χ3v) is 5.67. The van der Waals surface area contributed by atoms with Crippen LogP contribution in [0.5, 0.6) is 0 Å². The third-order valence-electron chi connectivity index (χ3n) is 4.33. The van der Waals surface area contributed by atoms with E-state index >= 15 is 0 Å². The lowest BCUT2D eigenvalue weighted by Crippen LogP contribution is -2.14. The van der Waals surface area contributed by atoms with Crippen LogP contribution in [0.3, 0.4) is 0 Å². The summed E-state index contributed by atoms with van der Waals surface area (Å²) in [4.78, 5) is 12.3. The van der Waals surface area contributed by atoms with E-state index in [4.69, 9.17) is 11.6 Å². The van der Waals surface area contributed by atoms with Crippen LogP contribution < -0.4 is 5.32 Å². The molecule has 27 heavy (non-hydrogen) atoms. The van der Waals surface area contributed by atoms with Gasteiger partial charge in [-0.15, -0.1) is 10.2 Å². The number of hydrogen-bond acceptors (Lipinski definition) is 4. The molecule has 7 heteroatoms. The minimum Gasteiger partial charge on any atom is -0.325 e. The topological polar surface area (TPSA) is 59.8 Å². The SMILES string of the molecule is Cc1ccc(-n2c(C)nnc2SCC(=O)Nc2ccc(C)c(Cl)c2)cc1C. The molecule has 1 N–H and O–H groups in total. The Hall–Kier alpha value is -2.31. The molecule has 0 aliphatic carbocycles. The molecular formula is C20H21ClN4OS. The van der Waals surface area contributed by atoms with Crippen molar-refractivity contribution in [3.8, 4) is 5.69 Å². The Bertz CT molecular complexity index is 1000. The van der Waals surface area contributed by atoms with Gasteiger partial charge in [0.2, 0.25) is 5.91 Å². The number of halogens is 1. The molecular weight excluding hydrogens is 380 g/mol. The summed E-state index contributed by atoms with van der Waals surface area (Å²) in [5.74, 6) is 0.896. The molecule has 1 aromatic heterocycles. The second kappa shape index (κ2) is 8.15. The average Bonchev–Trinajstić information content (AvgIpc) is 2.99. The molecule has 0 fully saturated rings. The van der Waals surface area contributed by atoms with Crippen molar-refractivity contribution in [1.29, 1.82) is 0 Å². The van der Waals surface area contributed by atoms with Crippen molar-refractivity contribution in [2.24, 2.45) is 0 Å². The van der Waals surface area contributed by atoms with Crippen molar-refractivity contribution in [2.75, 3.05) is 11.1 Å². The zero-order valence-electron chi connectivity index (χ0n) is 15.7. The Morgan fingerprint density at radius 1 is 1.04 bits per heavy atom. The highest BCUT2D eigenvalue weighted by Gasteiger charge is 2.14. The number of hydrogen-bond donors (Lipinski definition) is 1. The molecule has 0 saturated heterocycles. The molecule has 1 heterocycles. The lowest BCUT2D eigenvalue weighted by Gasteiger charge is -2.11. The van der Waals surface area contributed by atoms with E-state index in [2.05, 4.69) is 41.5 Å². The minimum absolute atomic E-state index is 0.118. The number of carbonyl (C=O) groups excluding carboxylic acids is 1. The number of amides is 1. The van der Waals surface area contributed by atoms with Crippen LogP contribution in [0.25, 0.3) is 5.69 Å². The predicted octanol–water partition coefficient (Wildman–Crippen LogP) is 4.89. The Labute approximate surface area is 168 Å². The molecule has 0 radical (unpaired) electrons. The van der Waals surface area contributed by atoms with E-state index in [9.17, 15) is 4.79 Å². The van der Waals surface area contributed by atoms with Crippen molar-refractivity contribution in [3.05, 3.63) is 63.9 Å². The van der Waals surface area contributed by atoms with Gasteiger partial charge in [-0.3, -0.25) is 9.36 Å². The lowest BCUT2D eigenvalue weighted by atomic mass is 10.1. The number of benzene rings is 2. The second-order valence-corrected chi connectivity index (χ2v) is 7.78. The molecule has 0 aliphatic rings. The van der Waals surface area contributed by atoms with E-state index in [1.807, 2.05) is 36.6 Å². The highest BCUT2D eigenvalue weighted by molar-refractivity contribution is 7.99. The van der Waals surface area contributed by atoms with Crippen LogP contribution in [-0.4, -0.2) is 26.4 Å². The summed E-state index contributed by atoms with van der Waals surface area (Å²) >= 11 is 7.46.